The molecule has 4 nitrogen and oxygen atoms in total. The van der Waals surface area contributed by atoms with E-state index < -0.39 is 10.0 Å². The van der Waals surface area contributed by atoms with E-state index in [0.29, 0.717) is 6.54 Å². The first-order valence-electron chi connectivity index (χ1n) is 6.70. The Hall–Kier alpha value is -0.130. The van der Waals surface area contributed by atoms with Crippen LogP contribution in [-0.4, -0.2) is 33.3 Å². The SMILES string of the molecule is CC1(CNS(=O)(=O)CC2CCCN2)CCCC1. The van der Waals surface area contributed by atoms with Gasteiger partial charge in [0.2, 0.25) is 10.0 Å². The van der Waals surface area contributed by atoms with Crippen molar-refractivity contribution in [2.45, 2.75) is 51.5 Å². The minimum Gasteiger partial charge on any atom is -0.313 e. The van der Waals surface area contributed by atoms with Crippen LogP contribution < -0.4 is 10.0 Å². The van der Waals surface area contributed by atoms with Crippen LogP contribution in [0.15, 0.2) is 0 Å². The lowest BCUT2D eigenvalue weighted by atomic mass is 9.89. The van der Waals surface area contributed by atoms with Crippen molar-refractivity contribution in [2.75, 3.05) is 18.8 Å². The summed E-state index contributed by atoms with van der Waals surface area (Å²) in [7, 11) is -3.10. The molecule has 0 spiro atoms. The van der Waals surface area contributed by atoms with Crippen LogP contribution in [-0.2, 0) is 10.0 Å². The minimum absolute atomic E-state index is 0.156. The molecule has 0 aromatic heterocycles. The molecular formula is C12H24N2O2S. The van der Waals surface area contributed by atoms with E-state index in [0.717, 1.165) is 32.2 Å². The maximum absolute atomic E-state index is 11.9. The Morgan fingerprint density at radius 3 is 2.59 bits per heavy atom. The van der Waals surface area contributed by atoms with E-state index in [1.807, 2.05) is 0 Å². The Labute approximate surface area is 105 Å². The smallest absolute Gasteiger partial charge is 0.213 e. The highest BCUT2D eigenvalue weighted by Gasteiger charge is 2.30. The predicted molar refractivity (Wildman–Crippen MR) is 69.4 cm³/mol. The first-order chi connectivity index (χ1) is 7.99. The summed E-state index contributed by atoms with van der Waals surface area (Å²) in [6.45, 7) is 3.76. The molecule has 0 amide bonds. The monoisotopic (exact) mass is 260 g/mol. The molecule has 1 saturated carbocycles. The Balaban J connectivity index is 1.80. The summed E-state index contributed by atoms with van der Waals surface area (Å²) in [6.07, 6.45) is 6.86. The molecule has 0 bridgehead atoms. The maximum atomic E-state index is 11.9. The lowest BCUT2D eigenvalue weighted by molar-refractivity contribution is 0.336. The lowest BCUT2D eigenvalue weighted by Crippen LogP contribution is -2.40. The number of sulfonamides is 1. The zero-order chi connectivity index (χ0) is 12.4. The summed E-state index contributed by atoms with van der Waals surface area (Å²) >= 11 is 0. The highest BCUT2D eigenvalue weighted by atomic mass is 32.2. The molecule has 2 fully saturated rings. The van der Waals surface area contributed by atoms with Crippen molar-refractivity contribution in [3.05, 3.63) is 0 Å². The second-order valence-corrected chi connectivity index (χ2v) is 7.77. The molecule has 0 radical (unpaired) electrons. The van der Waals surface area contributed by atoms with Crippen molar-refractivity contribution >= 4 is 10.0 Å². The van der Waals surface area contributed by atoms with Crippen molar-refractivity contribution in [2.24, 2.45) is 5.41 Å². The van der Waals surface area contributed by atoms with Crippen LogP contribution in [0.3, 0.4) is 0 Å². The van der Waals surface area contributed by atoms with Gasteiger partial charge in [0.1, 0.15) is 0 Å². The molecule has 5 heteroatoms. The van der Waals surface area contributed by atoms with Gasteiger partial charge in [-0.05, 0) is 37.6 Å². The van der Waals surface area contributed by atoms with Gasteiger partial charge in [-0.15, -0.1) is 0 Å². The highest BCUT2D eigenvalue weighted by molar-refractivity contribution is 7.89. The summed E-state index contributed by atoms with van der Waals surface area (Å²) in [5, 5.41) is 3.23. The topological polar surface area (TPSA) is 58.2 Å². The molecule has 0 aromatic carbocycles. The second kappa shape index (κ2) is 5.24. The first kappa shape index (κ1) is 13.3. The van der Waals surface area contributed by atoms with Gasteiger partial charge in [-0.3, -0.25) is 0 Å². The van der Waals surface area contributed by atoms with Crippen LogP contribution in [0.5, 0.6) is 0 Å². The van der Waals surface area contributed by atoms with E-state index in [2.05, 4.69) is 17.0 Å². The molecule has 1 aliphatic carbocycles. The third-order valence-electron chi connectivity index (χ3n) is 4.11. The van der Waals surface area contributed by atoms with Gasteiger partial charge in [-0.25, -0.2) is 13.1 Å². The fourth-order valence-corrected chi connectivity index (χ4v) is 4.41. The van der Waals surface area contributed by atoms with E-state index in [1.165, 1.54) is 12.8 Å². The molecular weight excluding hydrogens is 236 g/mol. The van der Waals surface area contributed by atoms with Gasteiger partial charge < -0.3 is 5.32 Å². The van der Waals surface area contributed by atoms with E-state index in [1.54, 1.807) is 0 Å². The van der Waals surface area contributed by atoms with Crippen LogP contribution >= 0.6 is 0 Å². The van der Waals surface area contributed by atoms with Crippen molar-refractivity contribution < 1.29 is 8.42 Å². The van der Waals surface area contributed by atoms with E-state index in [-0.39, 0.29) is 17.2 Å². The molecule has 1 unspecified atom stereocenters. The molecule has 1 aliphatic heterocycles. The van der Waals surface area contributed by atoms with Gasteiger partial charge in [0.25, 0.3) is 0 Å². The average Bonchev–Trinajstić information content (AvgIpc) is 2.88. The molecule has 1 atom stereocenters. The Morgan fingerprint density at radius 1 is 1.29 bits per heavy atom. The average molecular weight is 260 g/mol. The van der Waals surface area contributed by atoms with Crippen molar-refractivity contribution in [3.8, 4) is 0 Å². The molecule has 2 rings (SSSR count). The third kappa shape index (κ3) is 3.93. The van der Waals surface area contributed by atoms with Crippen LogP contribution in [0.1, 0.15) is 45.4 Å². The van der Waals surface area contributed by atoms with E-state index in [9.17, 15) is 8.42 Å². The molecule has 1 saturated heterocycles. The summed E-state index contributed by atoms with van der Waals surface area (Å²) < 4.78 is 26.7. The van der Waals surface area contributed by atoms with Gasteiger partial charge in [0.05, 0.1) is 5.75 Å². The quantitative estimate of drug-likeness (QED) is 0.782. The van der Waals surface area contributed by atoms with Crippen LogP contribution in [0, 0.1) is 5.41 Å². The van der Waals surface area contributed by atoms with Gasteiger partial charge in [-0.2, -0.15) is 0 Å². The molecule has 1 heterocycles. The summed E-state index contributed by atoms with van der Waals surface area (Å²) in [4.78, 5) is 0. The Kier molecular flexibility index (Phi) is 4.10. The zero-order valence-electron chi connectivity index (χ0n) is 10.7. The summed E-state index contributed by atoms with van der Waals surface area (Å²) in [5.74, 6) is 0.239. The van der Waals surface area contributed by atoms with Gasteiger partial charge >= 0.3 is 0 Å². The zero-order valence-corrected chi connectivity index (χ0v) is 11.5. The van der Waals surface area contributed by atoms with E-state index in [4.69, 9.17) is 0 Å². The normalized spacial score (nSPS) is 28.6. The van der Waals surface area contributed by atoms with Crippen molar-refractivity contribution in [3.63, 3.8) is 0 Å². The van der Waals surface area contributed by atoms with Gasteiger partial charge in [-0.1, -0.05) is 19.8 Å². The molecule has 100 valence electrons. The number of hydrogen-bond donors (Lipinski definition) is 2. The molecule has 2 N–H and O–H groups in total. The molecule has 2 aliphatic rings. The first-order valence-corrected chi connectivity index (χ1v) is 8.35. The second-order valence-electron chi connectivity index (χ2n) is 5.91. The third-order valence-corrected chi connectivity index (χ3v) is 5.54. The Morgan fingerprint density at radius 2 is 2.00 bits per heavy atom. The van der Waals surface area contributed by atoms with Gasteiger partial charge in [0.15, 0.2) is 0 Å². The standard InChI is InChI=1S/C12H24N2O2S/c1-12(6-2-3-7-12)10-14-17(15,16)9-11-5-4-8-13-11/h11,13-14H,2-10H2,1H3. The largest absolute Gasteiger partial charge is 0.313 e. The minimum atomic E-state index is -3.10. The predicted octanol–water partition coefficient (Wildman–Crippen LogP) is 1.24. The van der Waals surface area contributed by atoms with Crippen LogP contribution in [0.25, 0.3) is 0 Å². The number of nitrogens with one attached hydrogen (secondary N) is 2. The van der Waals surface area contributed by atoms with E-state index >= 15 is 0 Å². The van der Waals surface area contributed by atoms with Crippen LogP contribution in [0.4, 0.5) is 0 Å². The van der Waals surface area contributed by atoms with Gasteiger partial charge in [0, 0.05) is 12.6 Å². The Bertz CT molecular complexity index is 342. The fourth-order valence-electron chi connectivity index (χ4n) is 2.91. The summed E-state index contributed by atoms with van der Waals surface area (Å²) in [5.41, 5.74) is 0.191. The maximum Gasteiger partial charge on any atom is 0.213 e. The van der Waals surface area contributed by atoms with Crippen LogP contribution in [0.2, 0.25) is 0 Å². The fraction of sp³-hybridized carbons (Fsp3) is 1.00. The summed E-state index contributed by atoms with van der Waals surface area (Å²) in [6, 6.07) is 0.156. The highest BCUT2D eigenvalue weighted by Crippen LogP contribution is 2.36. The molecule has 0 aromatic rings. The van der Waals surface area contributed by atoms with Crippen molar-refractivity contribution in [1.29, 1.82) is 0 Å². The lowest BCUT2D eigenvalue weighted by Gasteiger charge is -2.24. The molecule has 17 heavy (non-hydrogen) atoms. The van der Waals surface area contributed by atoms with Crippen molar-refractivity contribution in [1.82, 2.24) is 10.0 Å². The number of rotatable bonds is 5. The number of hydrogen-bond acceptors (Lipinski definition) is 3.